The number of hydrazine groups is 1. The van der Waals surface area contributed by atoms with Gasteiger partial charge in [-0.15, -0.1) is 0 Å². The third-order valence-corrected chi connectivity index (χ3v) is 2.30. The highest BCUT2D eigenvalue weighted by Gasteiger charge is 2.07. The van der Waals surface area contributed by atoms with E-state index in [0.717, 1.165) is 5.56 Å². The largest absolute Gasteiger partial charge is 0.462 e. The van der Waals surface area contributed by atoms with Crippen LogP contribution in [0.3, 0.4) is 0 Å². The van der Waals surface area contributed by atoms with Crippen LogP contribution >= 0.6 is 23.8 Å². The van der Waals surface area contributed by atoms with Crippen LogP contribution in [0.2, 0.25) is 5.02 Å². The maximum Gasteiger partial charge on any atom is 0.271 e. The Morgan fingerprint density at radius 1 is 1.40 bits per heavy atom. The van der Waals surface area contributed by atoms with Crippen molar-refractivity contribution in [3.63, 3.8) is 0 Å². The van der Waals surface area contributed by atoms with Crippen molar-refractivity contribution in [2.45, 2.75) is 13.0 Å². The molecule has 0 saturated carbocycles. The van der Waals surface area contributed by atoms with Gasteiger partial charge in [0, 0.05) is 12.1 Å². The molecule has 5 heteroatoms. The van der Waals surface area contributed by atoms with E-state index < -0.39 is 0 Å². The van der Waals surface area contributed by atoms with E-state index in [1.54, 1.807) is 7.05 Å². The molecule has 1 rings (SSSR count). The van der Waals surface area contributed by atoms with Gasteiger partial charge in [-0.25, -0.2) is 5.43 Å². The van der Waals surface area contributed by atoms with Crippen LogP contribution in [0.1, 0.15) is 18.6 Å². The number of hydrogen-bond donors (Lipinski definition) is 2. The Balaban J connectivity index is 2.57. The summed E-state index contributed by atoms with van der Waals surface area (Å²) < 4.78 is 5.43. The highest BCUT2D eigenvalue weighted by molar-refractivity contribution is 7.80. The zero-order valence-corrected chi connectivity index (χ0v) is 10.2. The molecule has 15 heavy (non-hydrogen) atoms. The molecule has 0 spiro atoms. The van der Waals surface area contributed by atoms with Gasteiger partial charge in [0.15, 0.2) is 0 Å². The van der Waals surface area contributed by atoms with Crippen molar-refractivity contribution in [2.24, 2.45) is 0 Å². The highest BCUT2D eigenvalue weighted by atomic mass is 35.5. The molecule has 1 atom stereocenters. The van der Waals surface area contributed by atoms with E-state index in [-0.39, 0.29) is 6.10 Å². The molecule has 0 heterocycles. The van der Waals surface area contributed by atoms with Gasteiger partial charge in [0.1, 0.15) is 6.10 Å². The summed E-state index contributed by atoms with van der Waals surface area (Å²) in [6.07, 6.45) is -0.101. The van der Waals surface area contributed by atoms with Crippen molar-refractivity contribution in [3.8, 4) is 0 Å². The zero-order valence-electron chi connectivity index (χ0n) is 8.58. The molecule has 2 N–H and O–H groups in total. The average Bonchev–Trinajstić information content (AvgIpc) is 2.18. The summed E-state index contributed by atoms with van der Waals surface area (Å²) in [4.78, 5) is 0. The summed E-state index contributed by atoms with van der Waals surface area (Å²) in [5.74, 6) is 0. The SMILES string of the molecule is CNNC(=S)OC(C)c1ccc(Cl)cc1. The minimum absolute atomic E-state index is 0.101. The maximum absolute atomic E-state index is 5.78. The molecule has 0 aliphatic rings. The number of nitrogens with one attached hydrogen (secondary N) is 2. The van der Waals surface area contributed by atoms with Crippen molar-refractivity contribution < 1.29 is 4.74 Å². The number of halogens is 1. The average molecular weight is 245 g/mol. The van der Waals surface area contributed by atoms with Crippen molar-refractivity contribution in [2.75, 3.05) is 7.05 Å². The fourth-order valence-electron chi connectivity index (χ4n) is 1.09. The van der Waals surface area contributed by atoms with E-state index in [1.165, 1.54) is 0 Å². The van der Waals surface area contributed by atoms with Gasteiger partial charge in [0.25, 0.3) is 5.17 Å². The zero-order chi connectivity index (χ0) is 11.3. The summed E-state index contributed by atoms with van der Waals surface area (Å²) in [5, 5.41) is 1.03. The van der Waals surface area contributed by atoms with Crippen LogP contribution < -0.4 is 10.9 Å². The number of thiocarbonyl (C=S) groups is 1. The third-order valence-electron chi connectivity index (χ3n) is 1.85. The molecular formula is C10H13ClN2OS. The Labute approximate surface area is 99.7 Å². The van der Waals surface area contributed by atoms with Crippen LogP contribution in [-0.4, -0.2) is 12.2 Å². The van der Waals surface area contributed by atoms with Crippen molar-refractivity contribution in [1.82, 2.24) is 10.9 Å². The Kier molecular flexibility index (Phi) is 4.81. The minimum Gasteiger partial charge on any atom is -0.462 e. The quantitative estimate of drug-likeness (QED) is 0.632. The summed E-state index contributed by atoms with van der Waals surface area (Å²) in [6, 6.07) is 7.47. The van der Waals surface area contributed by atoms with E-state index in [2.05, 4.69) is 10.9 Å². The number of rotatable bonds is 3. The lowest BCUT2D eigenvalue weighted by Crippen LogP contribution is -2.34. The molecule has 0 aliphatic heterocycles. The molecule has 82 valence electrons. The molecule has 1 unspecified atom stereocenters. The minimum atomic E-state index is -0.101. The molecule has 0 saturated heterocycles. The molecule has 0 aromatic heterocycles. The van der Waals surface area contributed by atoms with Gasteiger partial charge in [0.2, 0.25) is 0 Å². The second-order valence-electron chi connectivity index (χ2n) is 2.97. The first-order chi connectivity index (χ1) is 7.13. The maximum atomic E-state index is 5.78. The molecule has 0 radical (unpaired) electrons. The van der Waals surface area contributed by atoms with Crippen LogP contribution in [0.15, 0.2) is 24.3 Å². The van der Waals surface area contributed by atoms with Crippen molar-refractivity contribution in [1.29, 1.82) is 0 Å². The second kappa shape index (κ2) is 5.90. The Morgan fingerprint density at radius 3 is 2.53 bits per heavy atom. The molecule has 3 nitrogen and oxygen atoms in total. The fraction of sp³-hybridized carbons (Fsp3) is 0.300. The van der Waals surface area contributed by atoms with Crippen molar-refractivity contribution >= 4 is 29.0 Å². The lowest BCUT2D eigenvalue weighted by atomic mass is 10.1. The summed E-state index contributed by atoms with van der Waals surface area (Å²) in [5.41, 5.74) is 6.41. The third kappa shape index (κ3) is 4.03. The van der Waals surface area contributed by atoms with Gasteiger partial charge in [-0.05, 0) is 36.8 Å². The van der Waals surface area contributed by atoms with Gasteiger partial charge < -0.3 is 4.74 Å². The fourth-order valence-corrected chi connectivity index (χ4v) is 1.47. The lowest BCUT2D eigenvalue weighted by molar-refractivity contribution is 0.206. The lowest BCUT2D eigenvalue weighted by Gasteiger charge is -2.15. The smallest absolute Gasteiger partial charge is 0.271 e. The summed E-state index contributed by atoms with van der Waals surface area (Å²) in [7, 11) is 1.72. The second-order valence-corrected chi connectivity index (χ2v) is 3.78. The monoisotopic (exact) mass is 244 g/mol. The van der Waals surface area contributed by atoms with Crippen LogP contribution in [0, 0.1) is 0 Å². The van der Waals surface area contributed by atoms with E-state index in [4.69, 9.17) is 28.6 Å². The Morgan fingerprint density at radius 2 is 2.00 bits per heavy atom. The Bertz CT molecular complexity index is 329. The van der Waals surface area contributed by atoms with Gasteiger partial charge in [-0.3, -0.25) is 5.43 Å². The number of hydrogen-bond acceptors (Lipinski definition) is 3. The van der Waals surface area contributed by atoms with Crippen LogP contribution in [0.4, 0.5) is 0 Å². The van der Waals surface area contributed by atoms with Crippen molar-refractivity contribution in [3.05, 3.63) is 34.9 Å². The van der Waals surface area contributed by atoms with E-state index in [1.807, 2.05) is 31.2 Å². The topological polar surface area (TPSA) is 33.3 Å². The predicted molar refractivity (Wildman–Crippen MR) is 65.7 cm³/mol. The van der Waals surface area contributed by atoms with Crippen LogP contribution in [-0.2, 0) is 4.74 Å². The number of benzene rings is 1. The number of ether oxygens (including phenoxy) is 1. The van der Waals surface area contributed by atoms with Crippen LogP contribution in [0.5, 0.6) is 0 Å². The normalized spacial score (nSPS) is 11.9. The van der Waals surface area contributed by atoms with Gasteiger partial charge >= 0.3 is 0 Å². The molecule has 0 aliphatic carbocycles. The van der Waals surface area contributed by atoms with Gasteiger partial charge in [-0.2, -0.15) is 0 Å². The molecule has 0 fully saturated rings. The van der Waals surface area contributed by atoms with E-state index >= 15 is 0 Å². The molecule has 0 bridgehead atoms. The van der Waals surface area contributed by atoms with Crippen LogP contribution in [0.25, 0.3) is 0 Å². The molecule has 1 aromatic carbocycles. The summed E-state index contributed by atoms with van der Waals surface area (Å²) in [6.45, 7) is 1.92. The first-order valence-corrected chi connectivity index (χ1v) is 5.31. The first kappa shape index (κ1) is 12.2. The first-order valence-electron chi connectivity index (χ1n) is 4.52. The Hall–Kier alpha value is -0.840. The standard InChI is InChI=1S/C10H13ClN2OS/c1-7(14-10(15)13-12-2)8-3-5-9(11)6-4-8/h3-7,12H,1-2H3,(H,13,15). The summed E-state index contributed by atoms with van der Waals surface area (Å²) >= 11 is 10.7. The molecular weight excluding hydrogens is 232 g/mol. The molecule has 1 aromatic rings. The molecule has 0 amide bonds. The predicted octanol–water partition coefficient (Wildman–Crippen LogP) is 2.43. The van der Waals surface area contributed by atoms with Gasteiger partial charge in [-0.1, -0.05) is 23.7 Å². The van der Waals surface area contributed by atoms with E-state index in [0.29, 0.717) is 10.2 Å². The highest BCUT2D eigenvalue weighted by Crippen LogP contribution is 2.19. The van der Waals surface area contributed by atoms with E-state index in [9.17, 15) is 0 Å². The van der Waals surface area contributed by atoms with Gasteiger partial charge in [0.05, 0.1) is 0 Å².